The lowest BCUT2D eigenvalue weighted by molar-refractivity contribution is -0.143. The van der Waals surface area contributed by atoms with Crippen LogP contribution in [0.1, 0.15) is 23.6 Å². The molecule has 2 aromatic heterocycles. The van der Waals surface area contributed by atoms with E-state index < -0.39 is 30.2 Å². The van der Waals surface area contributed by atoms with Crippen LogP contribution in [0.5, 0.6) is 0 Å². The van der Waals surface area contributed by atoms with Gasteiger partial charge in [-0.25, -0.2) is 24.3 Å². The van der Waals surface area contributed by atoms with Gasteiger partial charge < -0.3 is 34.6 Å². The van der Waals surface area contributed by atoms with E-state index in [0.717, 1.165) is 21.6 Å². The predicted octanol–water partition coefficient (Wildman–Crippen LogP) is 4.84. The normalized spacial score (nSPS) is 11.0. The molecule has 3 amide bonds. The number of esters is 1. The Morgan fingerprint density at radius 1 is 0.792 bits per heavy atom. The van der Waals surface area contributed by atoms with E-state index in [1.807, 2.05) is 30.3 Å². The lowest BCUT2D eigenvalue weighted by Crippen LogP contribution is -2.45. The molecule has 17 heteroatoms. The Balaban J connectivity index is 1.32. The van der Waals surface area contributed by atoms with Crippen molar-refractivity contribution in [1.82, 2.24) is 24.4 Å². The number of rotatable bonds is 14. The summed E-state index contributed by atoms with van der Waals surface area (Å²) >= 11 is 0. The zero-order chi connectivity index (χ0) is 37.4. The highest BCUT2D eigenvalue weighted by molar-refractivity contribution is 5.98. The quantitative estimate of drug-likeness (QED) is 0.0606. The molecule has 4 N–H and O–H groups in total. The molecule has 0 saturated heterocycles. The minimum absolute atomic E-state index is 0.00227. The monoisotopic (exact) mass is 723 g/mol. The summed E-state index contributed by atoms with van der Waals surface area (Å²) in [6.45, 7) is 1.28. The van der Waals surface area contributed by atoms with Crippen molar-refractivity contribution in [1.29, 1.82) is 0 Å². The molecule has 0 aliphatic rings. The second-order valence-electron chi connectivity index (χ2n) is 11.1. The van der Waals surface area contributed by atoms with E-state index in [4.69, 9.17) is 24.7 Å². The molecule has 0 aliphatic carbocycles. The fourth-order valence-corrected chi connectivity index (χ4v) is 4.71. The Morgan fingerprint density at radius 3 is 1.98 bits per heavy atom. The molecule has 5 rings (SSSR count). The van der Waals surface area contributed by atoms with Gasteiger partial charge >= 0.3 is 24.2 Å². The van der Waals surface area contributed by atoms with Gasteiger partial charge in [0.25, 0.3) is 0 Å². The summed E-state index contributed by atoms with van der Waals surface area (Å²) in [5.74, 6) is -1.04. The van der Waals surface area contributed by atoms with Gasteiger partial charge in [-0.05, 0) is 23.6 Å². The Hall–Kier alpha value is -7.04. The van der Waals surface area contributed by atoms with Crippen molar-refractivity contribution in [2.24, 2.45) is 10.7 Å². The van der Waals surface area contributed by atoms with E-state index in [2.05, 4.69) is 30.6 Å². The van der Waals surface area contributed by atoms with Gasteiger partial charge in [-0.1, -0.05) is 91.0 Å². The molecule has 0 fully saturated rings. The molecule has 0 spiro atoms. The third-order valence-electron chi connectivity index (χ3n) is 7.23. The van der Waals surface area contributed by atoms with E-state index in [1.54, 1.807) is 67.6 Å². The standard InChI is InChI=1S/C36H37N9O8/c1-2-50-28(46)20-44-24-39-29-30(41-34(47)51-21-25-12-6-3-7-13-25)40-33(42-31(29)44)38-18-19-45(36(49)53-23-27-16-10-5-11-17-27)32(37)43-35(48)52-22-26-14-8-4-9-15-26/h3-17,24H,2,18-23H2,1H3,(H2,37,43,48)(H2,38,40,41,42,47). The van der Waals surface area contributed by atoms with Gasteiger partial charge in [0.2, 0.25) is 11.9 Å². The number of amides is 3. The molecule has 0 saturated carbocycles. The second-order valence-corrected chi connectivity index (χ2v) is 11.1. The van der Waals surface area contributed by atoms with E-state index in [0.29, 0.717) is 0 Å². The van der Waals surface area contributed by atoms with Crippen molar-refractivity contribution >= 4 is 53.1 Å². The fourth-order valence-electron chi connectivity index (χ4n) is 4.71. The van der Waals surface area contributed by atoms with Gasteiger partial charge in [0.1, 0.15) is 26.4 Å². The van der Waals surface area contributed by atoms with Gasteiger partial charge in [-0.2, -0.15) is 9.97 Å². The topological polar surface area (TPSA) is 214 Å². The number of imidazole rings is 1. The Kier molecular flexibility index (Phi) is 13.2. The highest BCUT2D eigenvalue weighted by Crippen LogP contribution is 2.21. The molecule has 0 bridgehead atoms. The Bertz CT molecular complexity index is 2030. The Labute approximate surface area is 303 Å². The number of ether oxygens (including phenoxy) is 4. The first-order chi connectivity index (χ1) is 25.8. The smallest absolute Gasteiger partial charge is 0.437 e. The number of hydrogen-bond donors (Lipinski definition) is 3. The average molecular weight is 724 g/mol. The number of benzene rings is 3. The molecule has 5 aromatic rings. The summed E-state index contributed by atoms with van der Waals surface area (Å²) in [6.07, 6.45) is -1.35. The summed E-state index contributed by atoms with van der Waals surface area (Å²) in [5.41, 5.74) is 8.73. The first kappa shape index (κ1) is 37.2. The predicted molar refractivity (Wildman–Crippen MR) is 192 cm³/mol. The summed E-state index contributed by atoms with van der Waals surface area (Å²) in [5, 5.41) is 5.55. The zero-order valence-corrected chi connectivity index (χ0v) is 28.7. The number of carbonyl (C=O) groups is 4. The number of aromatic nitrogens is 4. The number of nitrogens with zero attached hydrogens (tertiary/aromatic N) is 6. The molecule has 0 unspecified atom stereocenters. The molecule has 2 heterocycles. The van der Waals surface area contributed by atoms with E-state index >= 15 is 0 Å². The minimum atomic E-state index is -1.02. The number of aliphatic imine (C=N–C) groups is 1. The summed E-state index contributed by atoms with van der Waals surface area (Å²) < 4.78 is 22.5. The summed E-state index contributed by atoms with van der Waals surface area (Å²) in [4.78, 5) is 68.8. The maximum Gasteiger partial charge on any atom is 0.437 e. The number of carbonyl (C=O) groups excluding carboxylic acids is 4. The minimum Gasteiger partial charge on any atom is -0.465 e. The van der Waals surface area contributed by atoms with E-state index in [-0.39, 0.29) is 69.0 Å². The van der Waals surface area contributed by atoms with Crippen LogP contribution in [0.25, 0.3) is 11.2 Å². The van der Waals surface area contributed by atoms with Gasteiger partial charge in [-0.15, -0.1) is 4.99 Å². The number of anilines is 2. The lowest BCUT2D eigenvalue weighted by atomic mass is 10.2. The average Bonchev–Trinajstić information content (AvgIpc) is 3.57. The molecule has 53 heavy (non-hydrogen) atoms. The maximum absolute atomic E-state index is 13.3. The van der Waals surface area contributed by atoms with Crippen molar-refractivity contribution in [2.75, 3.05) is 30.3 Å². The SMILES string of the molecule is CCOC(=O)Cn1cnc2c(NC(=O)OCc3ccccc3)nc(NCCN(C(=O)OCc3ccccc3)C(N)=NC(=O)OCc3ccccc3)nc21. The number of hydrogen-bond acceptors (Lipinski definition) is 12. The lowest BCUT2D eigenvalue weighted by Gasteiger charge is -2.21. The van der Waals surface area contributed by atoms with Crippen molar-refractivity contribution in [3.05, 3.63) is 114 Å². The second kappa shape index (κ2) is 18.8. The fraction of sp³-hybridized carbons (Fsp3) is 0.222. The van der Waals surface area contributed by atoms with Crippen LogP contribution in [0.15, 0.2) is 102 Å². The van der Waals surface area contributed by atoms with Crippen LogP contribution >= 0.6 is 0 Å². The third-order valence-corrected chi connectivity index (χ3v) is 7.23. The van der Waals surface area contributed by atoms with Crippen LogP contribution < -0.4 is 16.4 Å². The molecular weight excluding hydrogens is 686 g/mol. The molecule has 0 radical (unpaired) electrons. The van der Waals surface area contributed by atoms with Gasteiger partial charge in [0, 0.05) is 13.1 Å². The number of nitrogens with two attached hydrogens (primary N) is 1. The van der Waals surface area contributed by atoms with Crippen LogP contribution in [0.3, 0.4) is 0 Å². The van der Waals surface area contributed by atoms with Crippen molar-refractivity contribution in [2.45, 2.75) is 33.3 Å². The summed E-state index contributed by atoms with van der Waals surface area (Å²) in [7, 11) is 0. The van der Waals surface area contributed by atoms with Gasteiger partial charge in [0.15, 0.2) is 17.0 Å². The largest absolute Gasteiger partial charge is 0.465 e. The zero-order valence-electron chi connectivity index (χ0n) is 28.7. The van der Waals surface area contributed by atoms with Crippen LogP contribution in [-0.4, -0.2) is 74.3 Å². The highest BCUT2D eigenvalue weighted by Gasteiger charge is 2.22. The molecule has 17 nitrogen and oxygen atoms in total. The highest BCUT2D eigenvalue weighted by atomic mass is 16.6. The van der Waals surface area contributed by atoms with Crippen LogP contribution in [-0.2, 0) is 50.1 Å². The van der Waals surface area contributed by atoms with Gasteiger partial charge in [0.05, 0.1) is 12.9 Å². The van der Waals surface area contributed by atoms with Crippen LogP contribution in [0.2, 0.25) is 0 Å². The number of fused-ring (bicyclic) bond motifs is 1. The molecule has 0 atom stereocenters. The van der Waals surface area contributed by atoms with Crippen molar-refractivity contribution < 1.29 is 38.1 Å². The van der Waals surface area contributed by atoms with Crippen LogP contribution in [0.4, 0.5) is 26.1 Å². The van der Waals surface area contributed by atoms with E-state index in [1.165, 1.54) is 10.9 Å². The molecule has 274 valence electrons. The van der Waals surface area contributed by atoms with Crippen molar-refractivity contribution in [3.63, 3.8) is 0 Å². The molecule has 3 aromatic carbocycles. The van der Waals surface area contributed by atoms with Crippen LogP contribution in [0, 0.1) is 0 Å². The Morgan fingerprint density at radius 2 is 1.38 bits per heavy atom. The maximum atomic E-state index is 13.3. The first-order valence-corrected chi connectivity index (χ1v) is 16.4. The summed E-state index contributed by atoms with van der Waals surface area (Å²) in [6, 6.07) is 27.0. The molecule has 0 aliphatic heterocycles. The van der Waals surface area contributed by atoms with Crippen molar-refractivity contribution in [3.8, 4) is 0 Å². The number of guanidine groups is 1. The first-order valence-electron chi connectivity index (χ1n) is 16.4. The van der Waals surface area contributed by atoms with Gasteiger partial charge in [-0.3, -0.25) is 10.1 Å². The molecular formula is C36H37N9O8. The third kappa shape index (κ3) is 11.2. The van der Waals surface area contributed by atoms with E-state index in [9.17, 15) is 19.2 Å². The number of nitrogens with one attached hydrogen (secondary N) is 2.